The Morgan fingerprint density at radius 1 is 1.41 bits per heavy atom. The fourth-order valence-electron chi connectivity index (χ4n) is 1.53. The Hall–Kier alpha value is -1.94. The average Bonchev–Trinajstić information content (AvgIpc) is 2.28. The molecule has 2 aromatic rings. The number of halogens is 1. The molecule has 5 heteroatoms. The van der Waals surface area contributed by atoms with Gasteiger partial charge in [-0.3, -0.25) is 0 Å². The molecule has 0 aliphatic carbocycles. The maximum Gasteiger partial charge on any atom is 0.354 e. The molecule has 86 valence electrons. The van der Waals surface area contributed by atoms with Crippen molar-refractivity contribution in [2.24, 2.45) is 0 Å². The third-order valence-electron chi connectivity index (χ3n) is 2.24. The highest BCUT2D eigenvalue weighted by molar-refractivity contribution is 6.32. The van der Waals surface area contributed by atoms with Crippen LogP contribution in [0.3, 0.4) is 0 Å². The molecule has 0 saturated carbocycles. The van der Waals surface area contributed by atoms with Crippen LogP contribution in [0.4, 0.5) is 0 Å². The van der Waals surface area contributed by atoms with E-state index in [0.29, 0.717) is 22.0 Å². The monoisotopic (exact) mass is 248 g/mol. The number of aromatic nitrogens is 2. The number of hydrogen-bond donors (Lipinski definition) is 1. The van der Waals surface area contributed by atoms with Crippen LogP contribution in [0.15, 0.2) is 30.5 Å². The fraction of sp³-hybridized carbons (Fsp3) is 0.0833. The molecule has 0 spiro atoms. The molecule has 17 heavy (non-hydrogen) atoms. The van der Waals surface area contributed by atoms with Crippen LogP contribution in [0.2, 0.25) is 5.15 Å². The molecule has 0 saturated heterocycles. The first-order chi connectivity index (χ1) is 8.08. The van der Waals surface area contributed by atoms with Gasteiger partial charge in [-0.2, -0.15) is 0 Å². The van der Waals surface area contributed by atoms with E-state index in [1.807, 2.05) is 0 Å². The van der Waals surface area contributed by atoms with E-state index in [0.717, 1.165) is 0 Å². The topological polar surface area (TPSA) is 63.1 Å². The number of pyridine rings is 2. The van der Waals surface area contributed by atoms with Gasteiger partial charge in [0.15, 0.2) is 0 Å². The van der Waals surface area contributed by atoms with Crippen molar-refractivity contribution in [3.8, 4) is 11.1 Å². The second-order valence-electron chi connectivity index (χ2n) is 3.53. The zero-order chi connectivity index (χ0) is 12.4. The standard InChI is InChI=1S/C12H9ClN2O2/c1-7-5-8(6-10(15-7)12(16)17)9-3-2-4-14-11(9)13/h2-6H,1H3,(H,16,17). The minimum atomic E-state index is -1.06. The maximum absolute atomic E-state index is 10.9. The van der Waals surface area contributed by atoms with Gasteiger partial charge in [0.2, 0.25) is 0 Å². The molecule has 2 aromatic heterocycles. The zero-order valence-corrected chi connectivity index (χ0v) is 9.77. The maximum atomic E-state index is 10.9. The van der Waals surface area contributed by atoms with E-state index in [1.165, 1.54) is 6.07 Å². The minimum absolute atomic E-state index is 0.0000743. The summed E-state index contributed by atoms with van der Waals surface area (Å²) in [5.41, 5.74) is 2.02. The Bertz CT molecular complexity index is 584. The molecule has 0 bridgehead atoms. The van der Waals surface area contributed by atoms with Crippen molar-refractivity contribution in [3.63, 3.8) is 0 Å². The molecule has 4 nitrogen and oxygen atoms in total. The molecule has 2 rings (SSSR count). The highest BCUT2D eigenvalue weighted by atomic mass is 35.5. The number of carboxylic acids is 1. The number of aryl methyl sites for hydroxylation is 1. The molecule has 0 radical (unpaired) electrons. The van der Waals surface area contributed by atoms with E-state index in [1.54, 1.807) is 31.3 Å². The SMILES string of the molecule is Cc1cc(-c2cccnc2Cl)cc(C(=O)O)n1. The van der Waals surface area contributed by atoms with E-state index in [9.17, 15) is 4.79 Å². The summed E-state index contributed by atoms with van der Waals surface area (Å²) in [4.78, 5) is 18.8. The van der Waals surface area contributed by atoms with Gasteiger partial charge in [0.25, 0.3) is 0 Å². The third kappa shape index (κ3) is 2.42. The van der Waals surface area contributed by atoms with Crippen LogP contribution < -0.4 is 0 Å². The summed E-state index contributed by atoms with van der Waals surface area (Å²) in [6.45, 7) is 1.74. The number of carboxylic acid groups (broad SMARTS) is 1. The van der Waals surface area contributed by atoms with Gasteiger partial charge in [-0.25, -0.2) is 14.8 Å². The summed E-state index contributed by atoms with van der Waals surface area (Å²) in [5, 5.41) is 9.28. The molecule has 1 N–H and O–H groups in total. The van der Waals surface area contributed by atoms with Gasteiger partial charge >= 0.3 is 5.97 Å². The predicted octanol–water partition coefficient (Wildman–Crippen LogP) is 2.80. The number of hydrogen-bond acceptors (Lipinski definition) is 3. The Morgan fingerprint density at radius 3 is 2.82 bits per heavy atom. The predicted molar refractivity (Wildman–Crippen MR) is 64.2 cm³/mol. The number of carbonyl (C=O) groups is 1. The molecule has 0 aliphatic rings. The Balaban J connectivity index is 2.60. The largest absolute Gasteiger partial charge is 0.477 e. The van der Waals surface area contributed by atoms with Crippen LogP contribution in [-0.4, -0.2) is 21.0 Å². The highest BCUT2D eigenvalue weighted by Gasteiger charge is 2.10. The molecule has 0 aromatic carbocycles. The first-order valence-corrected chi connectivity index (χ1v) is 5.28. The zero-order valence-electron chi connectivity index (χ0n) is 9.01. The average molecular weight is 249 g/mol. The van der Waals surface area contributed by atoms with Gasteiger partial charge in [0.05, 0.1) is 0 Å². The van der Waals surface area contributed by atoms with E-state index in [2.05, 4.69) is 9.97 Å². The van der Waals surface area contributed by atoms with Crippen LogP contribution in [-0.2, 0) is 0 Å². The molecule has 0 fully saturated rings. The van der Waals surface area contributed by atoms with E-state index < -0.39 is 5.97 Å². The van der Waals surface area contributed by atoms with Gasteiger partial charge in [-0.15, -0.1) is 0 Å². The van der Waals surface area contributed by atoms with E-state index >= 15 is 0 Å². The lowest BCUT2D eigenvalue weighted by Crippen LogP contribution is -2.02. The van der Waals surface area contributed by atoms with E-state index in [-0.39, 0.29) is 5.69 Å². The molecule has 0 aliphatic heterocycles. The van der Waals surface area contributed by atoms with E-state index in [4.69, 9.17) is 16.7 Å². The molecule has 0 unspecified atom stereocenters. The summed E-state index contributed by atoms with van der Waals surface area (Å²) in [5.74, 6) is -1.06. The van der Waals surface area contributed by atoms with Gasteiger partial charge < -0.3 is 5.11 Å². The Labute approximate surface area is 103 Å². The van der Waals surface area contributed by atoms with Crippen molar-refractivity contribution >= 4 is 17.6 Å². The minimum Gasteiger partial charge on any atom is -0.477 e. The van der Waals surface area contributed by atoms with Gasteiger partial charge in [0, 0.05) is 17.5 Å². The lowest BCUT2D eigenvalue weighted by Gasteiger charge is -2.05. The fourth-order valence-corrected chi connectivity index (χ4v) is 1.76. The molecule has 2 heterocycles. The highest BCUT2D eigenvalue weighted by Crippen LogP contribution is 2.26. The summed E-state index contributed by atoms with van der Waals surface area (Å²) in [7, 11) is 0. The number of rotatable bonds is 2. The molecular formula is C12H9ClN2O2. The molecular weight excluding hydrogens is 240 g/mol. The number of aromatic carboxylic acids is 1. The molecule has 0 amide bonds. The second kappa shape index (κ2) is 4.51. The van der Waals surface area contributed by atoms with Crippen LogP contribution in [0.1, 0.15) is 16.2 Å². The van der Waals surface area contributed by atoms with Crippen molar-refractivity contribution in [3.05, 3.63) is 47.0 Å². The van der Waals surface area contributed by atoms with Crippen molar-refractivity contribution in [1.82, 2.24) is 9.97 Å². The number of nitrogens with zero attached hydrogens (tertiary/aromatic N) is 2. The van der Waals surface area contributed by atoms with Crippen LogP contribution in [0.25, 0.3) is 11.1 Å². The van der Waals surface area contributed by atoms with Gasteiger partial charge in [0.1, 0.15) is 10.8 Å². The van der Waals surface area contributed by atoms with Gasteiger partial charge in [-0.1, -0.05) is 11.6 Å². The quantitative estimate of drug-likeness (QED) is 0.830. The summed E-state index contributed by atoms with van der Waals surface area (Å²) >= 11 is 5.96. The lowest BCUT2D eigenvalue weighted by molar-refractivity contribution is 0.0690. The summed E-state index contributed by atoms with van der Waals surface area (Å²) in [6, 6.07) is 6.79. The van der Waals surface area contributed by atoms with Crippen LogP contribution in [0, 0.1) is 6.92 Å². The van der Waals surface area contributed by atoms with Crippen molar-refractivity contribution in [2.75, 3.05) is 0 Å². The third-order valence-corrected chi connectivity index (χ3v) is 2.54. The summed E-state index contributed by atoms with van der Waals surface area (Å²) in [6.07, 6.45) is 1.58. The summed E-state index contributed by atoms with van der Waals surface area (Å²) < 4.78 is 0. The first kappa shape index (κ1) is 11.5. The first-order valence-electron chi connectivity index (χ1n) is 4.91. The van der Waals surface area contributed by atoms with Crippen LogP contribution in [0.5, 0.6) is 0 Å². The van der Waals surface area contributed by atoms with Gasteiger partial charge in [-0.05, 0) is 36.8 Å². The second-order valence-corrected chi connectivity index (χ2v) is 3.89. The van der Waals surface area contributed by atoms with Crippen molar-refractivity contribution < 1.29 is 9.90 Å². The van der Waals surface area contributed by atoms with Crippen LogP contribution >= 0.6 is 11.6 Å². The van der Waals surface area contributed by atoms with Crippen molar-refractivity contribution in [2.45, 2.75) is 6.92 Å². The Kier molecular flexibility index (Phi) is 3.06. The normalized spacial score (nSPS) is 10.2. The smallest absolute Gasteiger partial charge is 0.354 e. The lowest BCUT2D eigenvalue weighted by atomic mass is 10.1. The molecule has 0 atom stereocenters. The Morgan fingerprint density at radius 2 is 2.18 bits per heavy atom. The van der Waals surface area contributed by atoms with Crippen molar-refractivity contribution in [1.29, 1.82) is 0 Å².